The fourth-order valence-corrected chi connectivity index (χ4v) is 1.99. The number of hydrogen-bond donors (Lipinski definition) is 1. The van der Waals surface area contributed by atoms with Gasteiger partial charge in [0.25, 0.3) is 0 Å². The third-order valence-corrected chi connectivity index (χ3v) is 3.08. The summed E-state index contributed by atoms with van der Waals surface area (Å²) in [5.41, 5.74) is 2.44. The molecule has 0 aliphatic heterocycles. The first-order valence-electron chi connectivity index (χ1n) is 6.87. The summed E-state index contributed by atoms with van der Waals surface area (Å²) in [5, 5.41) is 17.0. The molecule has 3 aromatic heterocycles. The predicted octanol–water partition coefficient (Wildman–Crippen LogP) is 1.98. The van der Waals surface area contributed by atoms with E-state index in [4.69, 9.17) is 5.11 Å². The van der Waals surface area contributed by atoms with Crippen molar-refractivity contribution < 1.29 is 9.90 Å². The van der Waals surface area contributed by atoms with E-state index in [1.807, 2.05) is 12.1 Å². The molecule has 0 bridgehead atoms. The lowest BCUT2D eigenvalue weighted by atomic mass is 10.2. The van der Waals surface area contributed by atoms with Crippen LogP contribution in [-0.4, -0.2) is 36.0 Å². The average Bonchev–Trinajstić information content (AvgIpc) is 3.01. The van der Waals surface area contributed by atoms with Crippen molar-refractivity contribution >= 4 is 18.1 Å². The molecule has 0 saturated heterocycles. The van der Waals surface area contributed by atoms with Gasteiger partial charge in [-0.2, -0.15) is 0 Å². The quantitative estimate of drug-likeness (QED) is 0.774. The lowest BCUT2D eigenvalue weighted by molar-refractivity contribution is 0.0696. The minimum absolute atomic E-state index is 0.194. The molecule has 1 N–H and O–H groups in total. The van der Waals surface area contributed by atoms with Gasteiger partial charge in [0.2, 0.25) is 0 Å². The molecule has 0 aliphatic carbocycles. The molecule has 0 aliphatic rings. The minimum atomic E-state index is -0.982. The molecule has 0 saturated carbocycles. The van der Waals surface area contributed by atoms with Crippen LogP contribution in [0.1, 0.15) is 27.3 Å². The maximum Gasteiger partial charge on any atom is 0.335 e. The smallest absolute Gasteiger partial charge is 0.335 e. The first-order valence-corrected chi connectivity index (χ1v) is 6.87. The minimum Gasteiger partial charge on any atom is -0.478 e. The molecule has 0 radical (unpaired) electrons. The molecule has 0 fully saturated rings. The average molecular weight is 307 g/mol. The highest BCUT2D eigenvalue weighted by Crippen LogP contribution is 2.07. The molecule has 114 valence electrons. The van der Waals surface area contributed by atoms with Gasteiger partial charge < -0.3 is 5.11 Å². The number of aromatic nitrogens is 5. The summed E-state index contributed by atoms with van der Waals surface area (Å²) in [6, 6.07) is 6.78. The summed E-state index contributed by atoms with van der Waals surface area (Å²) < 4.78 is 1.71. The van der Waals surface area contributed by atoms with Gasteiger partial charge in [0.15, 0.2) is 0 Å². The topological polar surface area (TPSA) is 93.8 Å². The SMILES string of the molecule is O=C(O)c1ccnc(/C=C/c2cn(Cc3cccnc3)nn2)c1. The molecule has 23 heavy (non-hydrogen) atoms. The van der Waals surface area contributed by atoms with E-state index < -0.39 is 5.97 Å². The third kappa shape index (κ3) is 3.85. The number of hydrogen-bond acceptors (Lipinski definition) is 5. The monoisotopic (exact) mass is 307 g/mol. The van der Waals surface area contributed by atoms with Crippen molar-refractivity contribution in [1.29, 1.82) is 0 Å². The van der Waals surface area contributed by atoms with Crippen molar-refractivity contribution in [3.05, 3.63) is 71.6 Å². The fourth-order valence-electron chi connectivity index (χ4n) is 1.99. The summed E-state index contributed by atoms with van der Waals surface area (Å²) in [4.78, 5) is 19.1. The Morgan fingerprint density at radius 3 is 2.87 bits per heavy atom. The highest BCUT2D eigenvalue weighted by molar-refractivity contribution is 5.88. The molecule has 3 aromatic rings. The number of carboxylic acid groups (broad SMARTS) is 1. The van der Waals surface area contributed by atoms with Gasteiger partial charge in [0, 0.05) is 18.6 Å². The van der Waals surface area contributed by atoms with Gasteiger partial charge in [-0.15, -0.1) is 5.10 Å². The number of aromatic carboxylic acids is 1. The summed E-state index contributed by atoms with van der Waals surface area (Å²) >= 11 is 0. The first kappa shape index (κ1) is 14.6. The maximum absolute atomic E-state index is 10.9. The molecule has 3 heterocycles. The van der Waals surface area contributed by atoms with Crippen LogP contribution in [0.2, 0.25) is 0 Å². The lowest BCUT2D eigenvalue weighted by Crippen LogP contribution is -2.00. The Bertz CT molecular complexity index is 842. The standard InChI is InChI=1S/C16H13N5O2/c22-16(23)13-5-7-18-14(8-13)3-4-15-11-21(20-19-15)10-12-2-1-6-17-9-12/h1-9,11H,10H2,(H,22,23)/b4-3+. The fraction of sp³-hybridized carbons (Fsp3) is 0.0625. The van der Waals surface area contributed by atoms with E-state index in [2.05, 4.69) is 20.3 Å². The van der Waals surface area contributed by atoms with E-state index in [0.717, 1.165) is 5.56 Å². The molecule has 0 atom stereocenters. The van der Waals surface area contributed by atoms with Crippen LogP contribution in [-0.2, 0) is 6.54 Å². The Labute approximate surface area is 132 Å². The van der Waals surface area contributed by atoms with E-state index >= 15 is 0 Å². The molecule has 3 rings (SSSR count). The van der Waals surface area contributed by atoms with Gasteiger partial charge in [-0.05, 0) is 35.9 Å². The van der Waals surface area contributed by atoms with Crippen molar-refractivity contribution in [2.24, 2.45) is 0 Å². The highest BCUT2D eigenvalue weighted by Gasteiger charge is 2.03. The number of nitrogens with zero attached hydrogens (tertiary/aromatic N) is 5. The zero-order valence-corrected chi connectivity index (χ0v) is 12.1. The Balaban J connectivity index is 1.71. The summed E-state index contributed by atoms with van der Waals surface area (Å²) in [6.45, 7) is 0.585. The van der Waals surface area contributed by atoms with Gasteiger partial charge in [0.1, 0.15) is 5.69 Å². The number of pyridine rings is 2. The van der Waals surface area contributed by atoms with Crippen molar-refractivity contribution in [1.82, 2.24) is 25.0 Å². The normalized spacial score (nSPS) is 11.0. The van der Waals surface area contributed by atoms with Crippen molar-refractivity contribution in [2.75, 3.05) is 0 Å². The van der Waals surface area contributed by atoms with Crippen LogP contribution in [0.15, 0.2) is 49.1 Å². The van der Waals surface area contributed by atoms with E-state index in [1.54, 1.807) is 35.4 Å². The number of carbonyl (C=O) groups is 1. The van der Waals surface area contributed by atoms with Crippen LogP contribution in [0, 0.1) is 0 Å². The first-order chi connectivity index (χ1) is 11.2. The molecular formula is C16H13N5O2. The molecular weight excluding hydrogens is 294 g/mol. The molecule has 0 unspecified atom stereocenters. The molecule has 7 nitrogen and oxygen atoms in total. The van der Waals surface area contributed by atoms with Crippen molar-refractivity contribution in [2.45, 2.75) is 6.54 Å². The number of rotatable bonds is 5. The van der Waals surface area contributed by atoms with Crippen LogP contribution in [0.25, 0.3) is 12.2 Å². The second kappa shape index (κ2) is 6.61. The van der Waals surface area contributed by atoms with Crippen molar-refractivity contribution in [3.8, 4) is 0 Å². The Morgan fingerprint density at radius 1 is 1.22 bits per heavy atom. The summed E-state index contributed by atoms with van der Waals surface area (Å²) in [5.74, 6) is -0.982. The summed E-state index contributed by atoms with van der Waals surface area (Å²) in [7, 11) is 0. The molecule has 0 amide bonds. The van der Waals surface area contributed by atoms with Crippen LogP contribution < -0.4 is 0 Å². The molecule has 0 aromatic carbocycles. The second-order valence-electron chi connectivity index (χ2n) is 4.81. The van der Waals surface area contributed by atoms with Gasteiger partial charge in [-0.1, -0.05) is 11.3 Å². The Hall–Kier alpha value is -3.35. The van der Waals surface area contributed by atoms with Crippen LogP contribution >= 0.6 is 0 Å². The lowest BCUT2D eigenvalue weighted by Gasteiger charge is -1.98. The molecule has 0 spiro atoms. The van der Waals surface area contributed by atoms with E-state index in [0.29, 0.717) is 17.9 Å². The van der Waals surface area contributed by atoms with Gasteiger partial charge >= 0.3 is 5.97 Å². The van der Waals surface area contributed by atoms with Crippen molar-refractivity contribution in [3.63, 3.8) is 0 Å². The van der Waals surface area contributed by atoms with E-state index in [9.17, 15) is 4.79 Å². The highest BCUT2D eigenvalue weighted by atomic mass is 16.4. The van der Waals surface area contributed by atoms with Crippen LogP contribution in [0.4, 0.5) is 0 Å². The largest absolute Gasteiger partial charge is 0.478 e. The predicted molar refractivity (Wildman–Crippen MR) is 83.5 cm³/mol. The second-order valence-corrected chi connectivity index (χ2v) is 4.81. The van der Waals surface area contributed by atoms with E-state index in [1.165, 1.54) is 18.3 Å². The molecule has 7 heteroatoms. The zero-order chi connectivity index (χ0) is 16.1. The van der Waals surface area contributed by atoms with Gasteiger partial charge in [0.05, 0.1) is 24.0 Å². The summed E-state index contributed by atoms with van der Waals surface area (Å²) in [6.07, 6.45) is 10.2. The Kier molecular flexibility index (Phi) is 4.19. The number of carboxylic acids is 1. The van der Waals surface area contributed by atoms with Gasteiger partial charge in [-0.3, -0.25) is 9.97 Å². The third-order valence-electron chi connectivity index (χ3n) is 3.08. The van der Waals surface area contributed by atoms with Crippen LogP contribution in [0.5, 0.6) is 0 Å². The van der Waals surface area contributed by atoms with E-state index in [-0.39, 0.29) is 5.56 Å². The zero-order valence-electron chi connectivity index (χ0n) is 12.1. The Morgan fingerprint density at radius 2 is 2.09 bits per heavy atom. The van der Waals surface area contributed by atoms with Gasteiger partial charge in [-0.25, -0.2) is 9.48 Å². The maximum atomic E-state index is 10.9. The van der Waals surface area contributed by atoms with Crippen LogP contribution in [0.3, 0.4) is 0 Å².